The van der Waals surface area contributed by atoms with Gasteiger partial charge >= 0.3 is 0 Å². The minimum atomic E-state index is -0.452. The Bertz CT molecular complexity index is 557. The number of amides is 2. The molecule has 2 aliphatic rings. The van der Waals surface area contributed by atoms with Gasteiger partial charge in [0, 0.05) is 17.0 Å². The van der Waals surface area contributed by atoms with E-state index in [9.17, 15) is 14.7 Å². The van der Waals surface area contributed by atoms with Crippen LogP contribution in [0, 0.1) is 5.92 Å². The highest BCUT2D eigenvalue weighted by atomic mass is 32.2. The maximum absolute atomic E-state index is 12.0. The van der Waals surface area contributed by atoms with Crippen molar-refractivity contribution >= 4 is 29.3 Å². The molecule has 0 radical (unpaired) electrons. The predicted octanol–water partition coefficient (Wildman–Crippen LogP) is 1.23. The van der Waals surface area contributed by atoms with Crippen LogP contribution >= 0.6 is 11.8 Å². The minimum absolute atomic E-state index is 0.0517. The molecule has 2 amide bonds. The number of rotatable bonds is 4. The zero-order valence-electron chi connectivity index (χ0n) is 10.9. The summed E-state index contributed by atoms with van der Waals surface area (Å²) in [5.74, 6) is 0.475. The van der Waals surface area contributed by atoms with Crippen LogP contribution in [0.15, 0.2) is 23.1 Å². The Balaban J connectivity index is 1.65. The number of fused-ring (bicyclic) bond motifs is 1. The number of carbonyl (C=O) groups is 2. The molecule has 6 heteroatoms. The van der Waals surface area contributed by atoms with E-state index in [1.165, 1.54) is 11.8 Å². The van der Waals surface area contributed by atoms with Crippen molar-refractivity contribution in [3.05, 3.63) is 23.8 Å². The van der Waals surface area contributed by atoms with E-state index in [4.69, 9.17) is 0 Å². The third-order valence-electron chi connectivity index (χ3n) is 3.51. The fourth-order valence-electron chi connectivity index (χ4n) is 2.17. The van der Waals surface area contributed by atoms with Gasteiger partial charge in [-0.3, -0.25) is 9.59 Å². The Kier molecular flexibility index (Phi) is 3.67. The molecule has 1 atom stereocenters. The van der Waals surface area contributed by atoms with Crippen LogP contribution in [0.1, 0.15) is 23.2 Å². The van der Waals surface area contributed by atoms with Gasteiger partial charge < -0.3 is 15.7 Å². The van der Waals surface area contributed by atoms with Crippen molar-refractivity contribution in [2.75, 3.05) is 17.6 Å². The van der Waals surface area contributed by atoms with Crippen molar-refractivity contribution in [1.29, 1.82) is 0 Å². The fraction of sp³-hybridized carbons (Fsp3) is 0.429. The van der Waals surface area contributed by atoms with Crippen LogP contribution < -0.4 is 10.6 Å². The van der Waals surface area contributed by atoms with E-state index in [1.807, 2.05) is 6.07 Å². The van der Waals surface area contributed by atoms with E-state index in [0.29, 0.717) is 22.9 Å². The Morgan fingerprint density at radius 1 is 1.50 bits per heavy atom. The molecule has 0 aromatic heterocycles. The molecule has 1 aliphatic heterocycles. The maximum atomic E-state index is 12.0. The molecule has 1 heterocycles. The molecule has 1 unspecified atom stereocenters. The van der Waals surface area contributed by atoms with Crippen LogP contribution in [0.5, 0.6) is 0 Å². The predicted molar refractivity (Wildman–Crippen MR) is 76.9 cm³/mol. The number of hydrogen-bond donors (Lipinski definition) is 3. The number of carbonyl (C=O) groups excluding carboxylic acids is 2. The van der Waals surface area contributed by atoms with Gasteiger partial charge in [-0.25, -0.2) is 0 Å². The first-order valence-electron chi connectivity index (χ1n) is 6.66. The molecule has 1 aromatic rings. The van der Waals surface area contributed by atoms with E-state index >= 15 is 0 Å². The molecule has 1 aliphatic carbocycles. The quantitative estimate of drug-likeness (QED) is 0.780. The Morgan fingerprint density at radius 3 is 3.05 bits per heavy atom. The zero-order valence-corrected chi connectivity index (χ0v) is 11.7. The summed E-state index contributed by atoms with van der Waals surface area (Å²) in [6.45, 7) is 0.279. The molecule has 106 valence electrons. The first-order valence-corrected chi connectivity index (χ1v) is 7.65. The number of benzene rings is 1. The van der Waals surface area contributed by atoms with Gasteiger partial charge in [0.05, 0.1) is 17.5 Å². The van der Waals surface area contributed by atoms with Crippen molar-refractivity contribution in [3.8, 4) is 0 Å². The number of hydrogen-bond acceptors (Lipinski definition) is 4. The topological polar surface area (TPSA) is 78.4 Å². The van der Waals surface area contributed by atoms with E-state index in [2.05, 4.69) is 10.6 Å². The second-order valence-corrected chi connectivity index (χ2v) is 6.18. The number of nitrogens with one attached hydrogen (secondary N) is 2. The lowest BCUT2D eigenvalue weighted by molar-refractivity contribution is -0.113. The lowest BCUT2D eigenvalue weighted by Gasteiger charge is -2.17. The molecule has 3 rings (SSSR count). The standard InChI is InChI=1S/C14H16N2O3S/c17-11(8-1-2-8)6-15-14(19)9-3-4-12-10(5-9)16-13(18)7-20-12/h3-5,8,11,17H,1-2,6-7H2,(H,15,19)(H,16,18). The molecule has 5 nitrogen and oxygen atoms in total. The molecule has 1 fully saturated rings. The van der Waals surface area contributed by atoms with Crippen LogP contribution in [-0.2, 0) is 4.79 Å². The third-order valence-corrected chi connectivity index (χ3v) is 4.59. The van der Waals surface area contributed by atoms with E-state index in [0.717, 1.165) is 17.7 Å². The van der Waals surface area contributed by atoms with E-state index < -0.39 is 6.10 Å². The van der Waals surface area contributed by atoms with Crippen LogP contribution in [0.25, 0.3) is 0 Å². The monoisotopic (exact) mass is 292 g/mol. The van der Waals surface area contributed by atoms with Crippen LogP contribution in [0.2, 0.25) is 0 Å². The number of thioether (sulfide) groups is 1. The normalized spacial score (nSPS) is 18.9. The molecule has 1 aromatic carbocycles. The maximum Gasteiger partial charge on any atom is 0.251 e. The lowest BCUT2D eigenvalue weighted by atomic mass is 10.1. The van der Waals surface area contributed by atoms with Crippen molar-refractivity contribution in [2.24, 2.45) is 5.92 Å². The summed E-state index contributed by atoms with van der Waals surface area (Å²) < 4.78 is 0. The minimum Gasteiger partial charge on any atom is -0.391 e. The molecule has 0 saturated heterocycles. The first-order chi connectivity index (χ1) is 9.63. The highest BCUT2D eigenvalue weighted by Gasteiger charge is 2.29. The lowest BCUT2D eigenvalue weighted by Crippen LogP contribution is -2.33. The zero-order chi connectivity index (χ0) is 14.1. The average Bonchev–Trinajstić information content (AvgIpc) is 3.28. The van der Waals surface area contributed by atoms with E-state index in [-0.39, 0.29) is 18.4 Å². The van der Waals surface area contributed by atoms with Crippen molar-refractivity contribution in [2.45, 2.75) is 23.8 Å². The van der Waals surface area contributed by atoms with Crippen LogP contribution in [0.4, 0.5) is 5.69 Å². The smallest absolute Gasteiger partial charge is 0.251 e. The summed E-state index contributed by atoms with van der Waals surface area (Å²) in [7, 11) is 0. The summed E-state index contributed by atoms with van der Waals surface area (Å²) in [5.41, 5.74) is 1.18. The van der Waals surface area contributed by atoms with Gasteiger partial charge in [0.1, 0.15) is 0 Å². The van der Waals surface area contributed by atoms with Gasteiger partial charge in [-0.05, 0) is 37.0 Å². The SMILES string of the molecule is O=C1CSc2ccc(C(=O)NCC(O)C3CC3)cc2N1. The molecule has 0 bridgehead atoms. The molecule has 0 spiro atoms. The highest BCUT2D eigenvalue weighted by Crippen LogP contribution is 2.33. The van der Waals surface area contributed by atoms with Crippen LogP contribution in [-0.4, -0.2) is 35.3 Å². The Morgan fingerprint density at radius 2 is 2.30 bits per heavy atom. The fourth-order valence-corrected chi connectivity index (χ4v) is 2.96. The highest BCUT2D eigenvalue weighted by molar-refractivity contribution is 8.00. The first kappa shape index (κ1) is 13.5. The summed E-state index contributed by atoms with van der Waals surface area (Å²) >= 11 is 1.46. The second-order valence-electron chi connectivity index (χ2n) is 5.16. The van der Waals surface area contributed by atoms with Gasteiger partial charge in [-0.2, -0.15) is 0 Å². The summed E-state index contributed by atoms with van der Waals surface area (Å²) in [6, 6.07) is 5.26. The number of aliphatic hydroxyl groups is 1. The van der Waals surface area contributed by atoms with Crippen LogP contribution in [0.3, 0.4) is 0 Å². The van der Waals surface area contributed by atoms with Crippen molar-refractivity contribution < 1.29 is 14.7 Å². The van der Waals surface area contributed by atoms with Gasteiger partial charge in [0.25, 0.3) is 5.91 Å². The summed E-state index contributed by atoms with van der Waals surface area (Å²) in [5, 5.41) is 15.2. The third kappa shape index (κ3) is 2.96. The number of anilines is 1. The van der Waals surface area contributed by atoms with Gasteiger partial charge in [-0.15, -0.1) is 11.8 Å². The van der Waals surface area contributed by atoms with Crippen molar-refractivity contribution in [3.63, 3.8) is 0 Å². The van der Waals surface area contributed by atoms with Gasteiger partial charge in [0.15, 0.2) is 0 Å². The molecule has 20 heavy (non-hydrogen) atoms. The van der Waals surface area contributed by atoms with Gasteiger partial charge in [-0.1, -0.05) is 0 Å². The van der Waals surface area contributed by atoms with E-state index in [1.54, 1.807) is 12.1 Å². The molecule has 3 N–H and O–H groups in total. The number of aliphatic hydroxyl groups excluding tert-OH is 1. The van der Waals surface area contributed by atoms with Gasteiger partial charge in [0.2, 0.25) is 5.91 Å². The average molecular weight is 292 g/mol. The Labute approximate surface area is 121 Å². The molecular formula is C14H16N2O3S. The second kappa shape index (κ2) is 5.46. The molecule has 1 saturated carbocycles. The Hall–Kier alpha value is -1.53. The molecular weight excluding hydrogens is 276 g/mol. The van der Waals surface area contributed by atoms with Crippen molar-refractivity contribution in [1.82, 2.24) is 5.32 Å². The summed E-state index contributed by atoms with van der Waals surface area (Å²) in [4.78, 5) is 24.3. The summed E-state index contributed by atoms with van der Waals surface area (Å²) in [6.07, 6.45) is 1.63. The largest absolute Gasteiger partial charge is 0.391 e.